The summed E-state index contributed by atoms with van der Waals surface area (Å²) in [6.07, 6.45) is 4.00. The Labute approximate surface area is 113 Å². The monoisotopic (exact) mass is 263 g/mol. The summed E-state index contributed by atoms with van der Waals surface area (Å²) < 4.78 is 0. The third kappa shape index (κ3) is 3.33. The zero-order chi connectivity index (χ0) is 12.8. The van der Waals surface area contributed by atoms with Crippen molar-refractivity contribution in [2.75, 3.05) is 17.7 Å². The normalized spacial score (nSPS) is 12.6. The molecule has 0 radical (unpaired) electrons. The molecule has 1 atom stereocenters. The summed E-state index contributed by atoms with van der Waals surface area (Å²) in [6.45, 7) is 3.06. The zero-order valence-corrected chi connectivity index (χ0v) is 11.3. The van der Waals surface area contributed by atoms with Crippen molar-refractivity contribution in [3.05, 3.63) is 30.5 Å². The van der Waals surface area contributed by atoms with Crippen molar-refractivity contribution in [1.82, 2.24) is 9.97 Å². The molecule has 0 amide bonds. The first-order valence-electron chi connectivity index (χ1n) is 6.35. The highest BCUT2D eigenvalue weighted by Gasteiger charge is 2.06. The number of nitrogens with zero attached hydrogens (tertiary/aromatic N) is 2. The van der Waals surface area contributed by atoms with Gasteiger partial charge in [-0.2, -0.15) is 0 Å². The molecule has 0 aliphatic rings. The fourth-order valence-corrected chi connectivity index (χ4v) is 2.21. The van der Waals surface area contributed by atoms with Crippen LogP contribution in [0.2, 0.25) is 0 Å². The van der Waals surface area contributed by atoms with Gasteiger partial charge >= 0.3 is 0 Å². The molecular weight excluding hydrogens is 246 g/mol. The molecule has 0 saturated heterocycles. The lowest BCUT2D eigenvalue weighted by Crippen LogP contribution is -2.15. The molecule has 1 N–H and O–H groups in total. The van der Waals surface area contributed by atoms with Gasteiger partial charge in [0.1, 0.15) is 0 Å². The number of para-hydroxylation sites is 1. The van der Waals surface area contributed by atoms with Crippen molar-refractivity contribution >= 4 is 28.5 Å². The standard InChI is InChI=1S/C14H18ClN3/c1-2-11(7-8-15)9-16-14-17-10-12-5-3-4-6-13(12)18-14/h3-6,10-11H,2,7-9H2,1H3,(H,16,17,18). The van der Waals surface area contributed by atoms with Crippen LogP contribution < -0.4 is 5.32 Å². The first-order chi connectivity index (χ1) is 8.83. The van der Waals surface area contributed by atoms with Gasteiger partial charge < -0.3 is 5.32 Å². The molecule has 0 spiro atoms. The predicted molar refractivity (Wildman–Crippen MR) is 77.1 cm³/mol. The summed E-state index contributed by atoms with van der Waals surface area (Å²) in [5.41, 5.74) is 0.973. The average Bonchev–Trinajstić information content (AvgIpc) is 2.43. The maximum absolute atomic E-state index is 5.78. The Balaban J connectivity index is 2.03. The van der Waals surface area contributed by atoms with Crippen molar-refractivity contribution < 1.29 is 0 Å². The average molecular weight is 264 g/mol. The molecule has 1 aromatic heterocycles. The van der Waals surface area contributed by atoms with Crippen molar-refractivity contribution in [2.24, 2.45) is 5.92 Å². The van der Waals surface area contributed by atoms with Crippen LogP contribution in [0.4, 0.5) is 5.95 Å². The number of anilines is 1. The summed E-state index contributed by atoms with van der Waals surface area (Å²) in [5, 5.41) is 4.36. The lowest BCUT2D eigenvalue weighted by molar-refractivity contribution is 0.520. The van der Waals surface area contributed by atoms with E-state index in [0.717, 1.165) is 30.3 Å². The fraction of sp³-hybridized carbons (Fsp3) is 0.429. The fourth-order valence-electron chi connectivity index (χ4n) is 1.90. The number of benzene rings is 1. The quantitative estimate of drug-likeness (QED) is 0.808. The van der Waals surface area contributed by atoms with Crippen LogP contribution in [0.1, 0.15) is 19.8 Å². The van der Waals surface area contributed by atoms with Crippen LogP contribution in [0.25, 0.3) is 10.9 Å². The molecule has 0 aliphatic heterocycles. The van der Waals surface area contributed by atoms with Gasteiger partial charge in [0.25, 0.3) is 0 Å². The highest BCUT2D eigenvalue weighted by molar-refractivity contribution is 6.17. The minimum atomic E-state index is 0.581. The molecule has 1 heterocycles. The second-order valence-electron chi connectivity index (χ2n) is 4.39. The molecule has 3 nitrogen and oxygen atoms in total. The van der Waals surface area contributed by atoms with E-state index in [-0.39, 0.29) is 0 Å². The molecule has 1 unspecified atom stereocenters. The smallest absolute Gasteiger partial charge is 0.223 e. The summed E-state index contributed by atoms with van der Waals surface area (Å²) in [6, 6.07) is 7.99. The van der Waals surface area contributed by atoms with Crippen LogP contribution in [-0.2, 0) is 0 Å². The summed E-state index contributed by atoms with van der Waals surface area (Å²) in [4.78, 5) is 8.80. The zero-order valence-electron chi connectivity index (χ0n) is 10.6. The van der Waals surface area contributed by atoms with E-state index in [9.17, 15) is 0 Å². The van der Waals surface area contributed by atoms with Crippen LogP contribution >= 0.6 is 11.6 Å². The lowest BCUT2D eigenvalue weighted by Gasteiger charge is -2.14. The van der Waals surface area contributed by atoms with Gasteiger partial charge in [0, 0.05) is 24.0 Å². The van der Waals surface area contributed by atoms with Gasteiger partial charge in [-0.25, -0.2) is 9.97 Å². The van der Waals surface area contributed by atoms with E-state index in [2.05, 4.69) is 22.2 Å². The Kier molecular flexibility index (Phi) is 4.76. The minimum absolute atomic E-state index is 0.581. The molecular formula is C14H18ClN3. The number of aromatic nitrogens is 2. The van der Waals surface area contributed by atoms with Gasteiger partial charge in [0.15, 0.2) is 0 Å². The molecule has 2 aromatic rings. The number of rotatable bonds is 6. The first-order valence-corrected chi connectivity index (χ1v) is 6.88. The molecule has 96 valence electrons. The molecule has 4 heteroatoms. The van der Waals surface area contributed by atoms with Gasteiger partial charge in [-0.3, -0.25) is 0 Å². The van der Waals surface area contributed by atoms with Crippen molar-refractivity contribution in [3.8, 4) is 0 Å². The largest absolute Gasteiger partial charge is 0.354 e. The Morgan fingerprint density at radius 3 is 2.94 bits per heavy atom. The maximum Gasteiger partial charge on any atom is 0.223 e. The van der Waals surface area contributed by atoms with Crippen molar-refractivity contribution in [2.45, 2.75) is 19.8 Å². The van der Waals surface area contributed by atoms with E-state index in [0.29, 0.717) is 17.7 Å². The van der Waals surface area contributed by atoms with Crippen LogP contribution in [-0.4, -0.2) is 22.4 Å². The Hall–Kier alpha value is -1.35. The molecule has 0 bridgehead atoms. The number of alkyl halides is 1. The van der Waals surface area contributed by atoms with E-state index >= 15 is 0 Å². The number of hydrogen-bond acceptors (Lipinski definition) is 3. The van der Waals surface area contributed by atoms with Crippen LogP contribution in [0.3, 0.4) is 0 Å². The van der Waals surface area contributed by atoms with Crippen LogP contribution in [0.15, 0.2) is 30.5 Å². The molecule has 0 aliphatic carbocycles. The molecule has 0 saturated carbocycles. The van der Waals surface area contributed by atoms with Crippen molar-refractivity contribution in [3.63, 3.8) is 0 Å². The summed E-state index contributed by atoms with van der Waals surface area (Å²) in [5.74, 6) is 1.98. The number of hydrogen-bond donors (Lipinski definition) is 1. The minimum Gasteiger partial charge on any atom is -0.354 e. The third-order valence-electron chi connectivity index (χ3n) is 3.13. The van der Waals surface area contributed by atoms with E-state index in [1.54, 1.807) is 0 Å². The van der Waals surface area contributed by atoms with E-state index in [4.69, 9.17) is 11.6 Å². The Morgan fingerprint density at radius 2 is 2.17 bits per heavy atom. The lowest BCUT2D eigenvalue weighted by atomic mass is 10.0. The predicted octanol–water partition coefficient (Wildman–Crippen LogP) is 3.70. The Morgan fingerprint density at radius 1 is 1.33 bits per heavy atom. The van der Waals surface area contributed by atoms with Gasteiger partial charge in [0.05, 0.1) is 5.52 Å². The molecule has 2 rings (SSSR count). The molecule has 1 aromatic carbocycles. The van der Waals surface area contributed by atoms with Gasteiger partial charge in [-0.15, -0.1) is 11.6 Å². The highest BCUT2D eigenvalue weighted by Crippen LogP contribution is 2.13. The van der Waals surface area contributed by atoms with E-state index in [1.807, 2.05) is 30.5 Å². The topological polar surface area (TPSA) is 37.8 Å². The molecule has 18 heavy (non-hydrogen) atoms. The van der Waals surface area contributed by atoms with Gasteiger partial charge in [-0.1, -0.05) is 31.5 Å². The van der Waals surface area contributed by atoms with Gasteiger partial charge in [0.2, 0.25) is 5.95 Å². The van der Waals surface area contributed by atoms with E-state index < -0.39 is 0 Å². The second kappa shape index (κ2) is 6.55. The van der Waals surface area contributed by atoms with E-state index in [1.165, 1.54) is 0 Å². The van der Waals surface area contributed by atoms with Crippen molar-refractivity contribution in [1.29, 1.82) is 0 Å². The number of nitrogens with one attached hydrogen (secondary N) is 1. The first kappa shape index (κ1) is 13.1. The highest BCUT2D eigenvalue weighted by atomic mass is 35.5. The van der Waals surface area contributed by atoms with Crippen LogP contribution in [0, 0.1) is 5.92 Å². The molecule has 0 fully saturated rings. The summed E-state index contributed by atoms with van der Waals surface area (Å²) >= 11 is 5.78. The maximum atomic E-state index is 5.78. The van der Waals surface area contributed by atoms with Gasteiger partial charge in [-0.05, 0) is 18.4 Å². The SMILES string of the molecule is CCC(CCCl)CNc1ncc2ccccc2n1. The second-order valence-corrected chi connectivity index (χ2v) is 4.76. The Bertz CT molecular complexity index is 501. The number of halogens is 1. The van der Waals surface area contributed by atoms with Crippen LogP contribution in [0.5, 0.6) is 0 Å². The third-order valence-corrected chi connectivity index (χ3v) is 3.35. The number of fused-ring (bicyclic) bond motifs is 1. The summed E-state index contributed by atoms with van der Waals surface area (Å²) in [7, 11) is 0.